The largest absolute Gasteiger partial charge is 0.396 e. The van der Waals surface area contributed by atoms with E-state index in [9.17, 15) is 27.2 Å². The Morgan fingerprint density at radius 3 is 2.30 bits per heavy atom. The summed E-state index contributed by atoms with van der Waals surface area (Å²) in [6, 6.07) is -2.85. The lowest BCUT2D eigenvalue weighted by Gasteiger charge is -2.38. The van der Waals surface area contributed by atoms with E-state index in [0.29, 0.717) is 12.8 Å². The maximum Gasteiger partial charge on any atom is 0.328 e. The highest BCUT2D eigenvalue weighted by Gasteiger charge is 2.48. The van der Waals surface area contributed by atoms with Crippen LogP contribution in [-0.4, -0.2) is 59.6 Å². The van der Waals surface area contributed by atoms with Crippen LogP contribution in [0.4, 0.5) is 22.0 Å². The lowest BCUT2D eigenvalue weighted by atomic mass is 9.88. The van der Waals surface area contributed by atoms with Crippen LogP contribution in [-0.2, 0) is 4.74 Å². The fourth-order valence-corrected chi connectivity index (χ4v) is 5.10. The second kappa shape index (κ2) is 8.84. The number of fused-ring (bicyclic) bond motifs is 1. The number of H-pyrrole nitrogens is 1. The lowest BCUT2D eigenvalue weighted by Crippen LogP contribution is -2.49. The maximum absolute atomic E-state index is 15.5. The van der Waals surface area contributed by atoms with Gasteiger partial charge in [-0.1, -0.05) is 0 Å². The van der Waals surface area contributed by atoms with Gasteiger partial charge in [-0.15, -0.1) is 0 Å². The summed E-state index contributed by atoms with van der Waals surface area (Å²) in [5.74, 6) is -3.91. The second-order valence-corrected chi connectivity index (χ2v) is 8.85. The van der Waals surface area contributed by atoms with Crippen LogP contribution >= 0.6 is 0 Å². The summed E-state index contributed by atoms with van der Waals surface area (Å²) < 4.78 is 75.1. The Morgan fingerprint density at radius 1 is 1.12 bits per heavy atom. The first-order chi connectivity index (χ1) is 15.6. The number of methoxy groups -OCH3 is 1. The van der Waals surface area contributed by atoms with Crippen LogP contribution in [0.2, 0.25) is 0 Å². The summed E-state index contributed by atoms with van der Waals surface area (Å²) in [4.78, 5) is 28.7. The molecule has 0 aromatic carbocycles. The Morgan fingerprint density at radius 2 is 1.76 bits per heavy atom. The van der Waals surface area contributed by atoms with E-state index in [1.807, 2.05) is 0 Å². The quantitative estimate of drug-likeness (QED) is 0.508. The van der Waals surface area contributed by atoms with Crippen molar-refractivity contribution < 1.29 is 26.7 Å². The Kier molecular flexibility index (Phi) is 6.40. The monoisotopic (exact) mass is 479 g/mol. The summed E-state index contributed by atoms with van der Waals surface area (Å²) >= 11 is 0. The van der Waals surface area contributed by atoms with Crippen LogP contribution in [0.3, 0.4) is 0 Å². The summed E-state index contributed by atoms with van der Waals surface area (Å²) in [6.45, 7) is 0.115. The number of aromatic nitrogens is 2. The molecular formula is C20H26F5N5O3. The number of ether oxygens (including phenoxy) is 1. The first-order valence-corrected chi connectivity index (χ1v) is 10.7. The standard InChI is InChI=1S/C20H26F5N5O3/c1-33-16-14-9(19(31)28-20(32)30(14)8-2-3-8)13(27)11(21)15(16)29-5-4-7(6-29)12(26)10(17(22)23)18(24)25/h7-8,10,12,15-18H,2-6,26-27H2,1H3,(H,28,31,32). The maximum atomic E-state index is 15.5. The number of nitrogens with two attached hydrogens (primary N) is 2. The van der Waals surface area contributed by atoms with E-state index in [-0.39, 0.29) is 36.8 Å². The van der Waals surface area contributed by atoms with Gasteiger partial charge in [-0.3, -0.25) is 19.2 Å². The molecule has 2 aliphatic carbocycles. The molecule has 0 bridgehead atoms. The molecule has 8 nitrogen and oxygen atoms in total. The van der Waals surface area contributed by atoms with Crippen LogP contribution in [0.15, 0.2) is 15.4 Å². The molecule has 4 atom stereocenters. The molecule has 0 radical (unpaired) electrons. The first kappa shape index (κ1) is 23.9. The van der Waals surface area contributed by atoms with Gasteiger partial charge in [0.15, 0.2) is 0 Å². The predicted octanol–water partition coefficient (Wildman–Crippen LogP) is 1.33. The van der Waals surface area contributed by atoms with E-state index < -0.39 is 65.6 Å². The highest BCUT2D eigenvalue weighted by molar-refractivity contribution is 5.70. The smallest absolute Gasteiger partial charge is 0.328 e. The minimum absolute atomic E-state index is 0.0471. The fourth-order valence-electron chi connectivity index (χ4n) is 5.10. The summed E-state index contributed by atoms with van der Waals surface area (Å²) in [6.07, 6.45) is -6.12. The van der Waals surface area contributed by atoms with Gasteiger partial charge in [0, 0.05) is 25.7 Å². The van der Waals surface area contributed by atoms with Gasteiger partial charge in [0.2, 0.25) is 12.9 Å². The minimum Gasteiger partial charge on any atom is -0.396 e. The molecule has 4 unspecified atom stereocenters. The van der Waals surface area contributed by atoms with Crippen LogP contribution in [0.1, 0.15) is 42.7 Å². The zero-order chi connectivity index (χ0) is 24.2. The number of rotatable bonds is 7. The average Bonchev–Trinajstić information content (AvgIpc) is 3.44. The lowest BCUT2D eigenvalue weighted by molar-refractivity contribution is -0.0480. The molecule has 1 aromatic heterocycles. The van der Waals surface area contributed by atoms with Crippen LogP contribution in [0, 0.1) is 11.8 Å². The van der Waals surface area contributed by atoms with Gasteiger partial charge in [0.1, 0.15) is 11.9 Å². The van der Waals surface area contributed by atoms with Gasteiger partial charge in [-0.2, -0.15) is 0 Å². The number of nitrogens with one attached hydrogen (secondary N) is 1. The van der Waals surface area contributed by atoms with E-state index in [4.69, 9.17) is 16.2 Å². The van der Waals surface area contributed by atoms with Crippen molar-refractivity contribution in [2.75, 3.05) is 20.2 Å². The number of hydrogen-bond acceptors (Lipinski definition) is 6. The Labute approximate surface area is 185 Å². The van der Waals surface area contributed by atoms with E-state index in [0.717, 1.165) is 0 Å². The van der Waals surface area contributed by atoms with Crippen LogP contribution < -0.4 is 22.7 Å². The molecule has 0 amide bonds. The molecule has 1 aromatic rings. The van der Waals surface area contributed by atoms with Crippen molar-refractivity contribution in [2.45, 2.75) is 56.3 Å². The molecule has 13 heteroatoms. The van der Waals surface area contributed by atoms with Crippen LogP contribution in [0.5, 0.6) is 0 Å². The van der Waals surface area contributed by atoms with E-state index in [1.165, 1.54) is 11.7 Å². The molecule has 184 valence electrons. The third-order valence-corrected chi connectivity index (χ3v) is 6.91. The fraction of sp³-hybridized carbons (Fsp3) is 0.700. The van der Waals surface area contributed by atoms with Gasteiger partial charge in [-0.05, 0) is 31.7 Å². The van der Waals surface area contributed by atoms with Crippen molar-refractivity contribution in [3.8, 4) is 0 Å². The number of halogens is 5. The molecule has 1 saturated heterocycles. The van der Waals surface area contributed by atoms with E-state index >= 15 is 4.39 Å². The zero-order valence-electron chi connectivity index (χ0n) is 17.8. The minimum atomic E-state index is -3.30. The van der Waals surface area contributed by atoms with Gasteiger partial charge in [0.25, 0.3) is 5.56 Å². The molecule has 5 N–H and O–H groups in total. The summed E-state index contributed by atoms with van der Waals surface area (Å²) in [5, 5.41) is 0. The highest BCUT2D eigenvalue weighted by atomic mass is 19.3. The third-order valence-electron chi connectivity index (χ3n) is 6.91. The van der Waals surface area contributed by atoms with Gasteiger partial charge in [-0.25, -0.2) is 26.7 Å². The van der Waals surface area contributed by atoms with Gasteiger partial charge < -0.3 is 16.2 Å². The molecule has 33 heavy (non-hydrogen) atoms. The third kappa shape index (κ3) is 3.99. The molecular weight excluding hydrogens is 453 g/mol. The number of nitrogens with zero attached hydrogens (tertiary/aromatic N) is 2. The number of alkyl halides is 4. The average molecular weight is 479 g/mol. The molecule has 2 heterocycles. The molecule has 1 saturated carbocycles. The molecule has 0 spiro atoms. The van der Waals surface area contributed by atoms with Crippen molar-refractivity contribution in [1.29, 1.82) is 0 Å². The molecule has 4 rings (SSSR count). The van der Waals surface area contributed by atoms with Crippen LogP contribution in [0.25, 0.3) is 5.70 Å². The van der Waals surface area contributed by atoms with E-state index in [2.05, 4.69) is 4.98 Å². The highest BCUT2D eigenvalue weighted by Crippen LogP contribution is 2.44. The van der Waals surface area contributed by atoms with Gasteiger partial charge >= 0.3 is 5.69 Å². The van der Waals surface area contributed by atoms with Crippen molar-refractivity contribution >= 4 is 5.70 Å². The van der Waals surface area contributed by atoms with Gasteiger partial charge in [0.05, 0.1) is 28.9 Å². The predicted molar refractivity (Wildman–Crippen MR) is 109 cm³/mol. The van der Waals surface area contributed by atoms with Crippen molar-refractivity contribution in [3.05, 3.63) is 37.9 Å². The molecule has 2 fully saturated rings. The first-order valence-electron chi connectivity index (χ1n) is 10.7. The number of aromatic amines is 1. The molecule has 1 aliphatic heterocycles. The number of hydrogen-bond donors (Lipinski definition) is 3. The Balaban J connectivity index is 1.70. The normalized spacial score (nSPS) is 27.2. The summed E-state index contributed by atoms with van der Waals surface area (Å²) in [5.41, 5.74) is 9.83. The SMILES string of the molecule is COC1c2c(c(=O)[nH]c(=O)n2C2CC2)C(N)=C(F)C1N1CCC(C(N)C(C(F)F)C(F)F)C1. The van der Waals surface area contributed by atoms with E-state index in [1.54, 1.807) is 4.90 Å². The summed E-state index contributed by atoms with van der Waals surface area (Å²) in [7, 11) is 1.29. The second-order valence-electron chi connectivity index (χ2n) is 8.85. The van der Waals surface area contributed by atoms with Crippen molar-refractivity contribution in [3.63, 3.8) is 0 Å². The van der Waals surface area contributed by atoms with Crippen molar-refractivity contribution in [2.24, 2.45) is 23.3 Å². The Hall–Kier alpha value is -2.25. The van der Waals surface area contributed by atoms with Crippen molar-refractivity contribution in [1.82, 2.24) is 14.5 Å². The Bertz CT molecular complexity index is 1050. The molecule has 3 aliphatic rings. The topological polar surface area (TPSA) is 119 Å². The number of likely N-dealkylation sites (tertiary alicyclic amines) is 1. The zero-order valence-corrected chi connectivity index (χ0v) is 17.8.